The molecule has 0 radical (unpaired) electrons. The minimum absolute atomic E-state index is 0.411. The fraction of sp³-hybridized carbons (Fsp3) is 1.00. The Hall–Kier alpha value is -0.160. The number of nitrogens with one attached hydrogen (secondary N) is 1. The smallest absolute Gasteiger partial charge is 0.0850 e. The quantitative estimate of drug-likeness (QED) is 0.575. The summed E-state index contributed by atoms with van der Waals surface area (Å²) in [4.78, 5) is 0. The highest BCUT2D eigenvalue weighted by Gasteiger charge is 2.47. The molecule has 88 valence electrons. The Morgan fingerprint density at radius 1 is 1.07 bits per heavy atom. The monoisotopic (exact) mass is 214 g/mol. The van der Waals surface area contributed by atoms with E-state index in [0.29, 0.717) is 13.0 Å². The van der Waals surface area contributed by atoms with Gasteiger partial charge in [0.1, 0.15) is 0 Å². The van der Waals surface area contributed by atoms with Gasteiger partial charge in [-0.25, -0.2) is 0 Å². The summed E-state index contributed by atoms with van der Waals surface area (Å²) in [5.74, 6) is 0. The summed E-state index contributed by atoms with van der Waals surface area (Å²) in [6, 6.07) is 0. The van der Waals surface area contributed by atoms with Crippen LogP contribution in [0, 0.1) is 0 Å². The molecule has 2 saturated heterocycles. The van der Waals surface area contributed by atoms with E-state index in [1.165, 1.54) is 0 Å². The van der Waals surface area contributed by atoms with Crippen molar-refractivity contribution in [1.82, 2.24) is 5.32 Å². The first-order chi connectivity index (χ1) is 7.16. The molecule has 0 amide bonds. The Balaban J connectivity index is 2.10. The molecule has 4 nitrogen and oxygen atoms in total. The fourth-order valence-electron chi connectivity index (χ4n) is 2.77. The number of piperidine rings is 1. The maximum atomic E-state index is 10.7. The molecule has 0 bridgehead atoms. The van der Waals surface area contributed by atoms with Gasteiger partial charge in [0.2, 0.25) is 0 Å². The molecule has 15 heavy (non-hydrogen) atoms. The number of ether oxygens (including phenoxy) is 1. The van der Waals surface area contributed by atoms with Crippen LogP contribution in [0.25, 0.3) is 0 Å². The van der Waals surface area contributed by atoms with Crippen LogP contribution < -0.4 is 11.1 Å². The zero-order chi connectivity index (χ0) is 10.8. The molecule has 0 spiro atoms. The molecule has 2 aliphatic rings. The molecule has 2 aliphatic heterocycles. The first kappa shape index (κ1) is 11.3. The van der Waals surface area contributed by atoms with E-state index in [0.717, 1.165) is 45.4 Å². The van der Waals surface area contributed by atoms with Crippen molar-refractivity contribution >= 4 is 0 Å². The maximum absolute atomic E-state index is 10.7. The molecular weight excluding hydrogens is 192 g/mol. The summed E-state index contributed by atoms with van der Waals surface area (Å²) >= 11 is 0. The van der Waals surface area contributed by atoms with E-state index in [9.17, 15) is 5.11 Å². The largest absolute Gasteiger partial charge is 0.388 e. The molecule has 0 saturated carbocycles. The summed E-state index contributed by atoms with van der Waals surface area (Å²) in [5.41, 5.74) is 5.26. The molecule has 2 heterocycles. The first-order valence-corrected chi connectivity index (χ1v) is 5.96. The van der Waals surface area contributed by atoms with Gasteiger partial charge in [0, 0.05) is 25.2 Å². The normalized spacial score (nSPS) is 37.2. The fourth-order valence-corrected chi connectivity index (χ4v) is 2.77. The summed E-state index contributed by atoms with van der Waals surface area (Å²) in [6.45, 7) is 3.23. The van der Waals surface area contributed by atoms with Gasteiger partial charge in [-0.1, -0.05) is 0 Å². The molecule has 2 fully saturated rings. The van der Waals surface area contributed by atoms with Gasteiger partial charge in [0.05, 0.1) is 5.60 Å². The highest BCUT2D eigenvalue weighted by atomic mass is 16.5. The van der Waals surface area contributed by atoms with Gasteiger partial charge in [-0.05, 0) is 38.8 Å². The molecule has 0 aromatic heterocycles. The number of aliphatic hydroxyl groups is 1. The molecule has 0 aromatic rings. The van der Waals surface area contributed by atoms with Crippen molar-refractivity contribution in [2.24, 2.45) is 5.73 Å². The molecule has 1 atom stereocenters. The maximum Gasteiger partial charge on any atom is 0.0850 e. The Bertz CT molecular complexity index is 207. The van der Waals surface area contributed by atoms with E-state index < -0.39 is 11.1 Å². The summed E-state index contributed by atoms with van der Waals surface area (Å²) in [5, 5.41) is 14.0. The van der Waals surface area contributed by atoms with Crippen LogP contribution in [0.1, 0.15) is 32.1 Å². The standard InChI is InChI=1S/C11H22N2O2/c12-10(3-6-13-7-4-10)11(14)2-1-8-15-9-5-11/h13-14H,1-9,12H2. The van der Waals surface area contributed by atoms with Crippen molar-refractivity contribution in [3.8, 4) is 0 Å². The lowest BCUT2D eigenvalue weighted by atomic mass is 9.70. The van der Waals surface area contributed by atoms with Crippen LogP contribution in [-0.2, 0) is 4.74 Å². The lowest BCUT2D eigenvalue weighted by molar-refractivity contribution is -0.0627. The summed E-state index contributed by atoms with van der Waals surface area (Å²) < 4.78 is 5.39. The summed E-state index contributed by atoms with van der Waals surface area (Å²) in [6.07, 6.45) is 4.11. The van der Waals surface area contributed by atoms with Gasteiger partial charge in [-0.15, -0.1) is 0 Å². The minimum Gasteiger partial charge on any atom is -0.388 e. The van der Waals surface area contributed by atoms with Crippen LogP contribution in [0.3, 0.4) is 0 Å². The van der Waals surface area contributed by atoms with Gasteiger partial charge in [0.25, 0.3) is 0 Å². The Morgan fingerprint density at radius 2 is 1.80 bits per heavy atom. The lowest BCUT2D eigenvalue weighted by Gasteiger charge is -2.47. The zero-order valence-corrected chi connectivity index (χ0v) is 9.30. The van der Waals surface area contributed by atoms with Gasteiger partial charge < -0.3 is 20.9 Å². The van der Waals surface area contributed by atoms with Gasteiger partial charge in [-0.3, -0.25) is 0 Å². The van der Waals surface area contributed by atoms with E-state index in [1.807, 2.05) is 0 Å². The third-order valence-corrected chi connectivity index (χ3v) is 3.96. The predicted octanol–water partition coefficient (Wildman–Crippen LogP) is -0.00110. The number of hydrogen-bond acceptors (Lipinski definition) is 4. The highest BCUT2D eigenvalue weighted by Crippen LogP contribution is 2.36. The average molecular weight is 214 g/mol. The van der Waals surface area contributed by atoms with Crippen LogP contribution >= 0.6 is 0 Å². The minimum atomic E-state index is -0.717. The molecule has 2 rings (SSSR count). The third kappa shape index (κ3) is 2.18. The van der Waals surface area contributed by atoms with Crippen molar-refractivity contribution in [2.45, 2.75) is 43.2 Å². The molecule has 4 heteroatoms. The molecular formula is C11H22N2O2. The second-order valence-corrected chi connectivity index (χ2v) is 4.90. The van der Waals surface area contributed by atoms with Crippen molar-refractivity contribution in [1.29, 1.82) is 0 Å². The third-order valence-electron chi connectivity index (χ3n) is 3.96. The Kier molecular flexibility index (Phi) is 3.30. The van der Waals surface area contributed by atoms with E-state index in [-0.39, 0.29) is 0 Å². The van der Waals surface area contributed by atoms with Crippen molar-refractivity contribution in [3.05, 3.63) is 0 Å². The van der Waals surface area contributed by atoms with E-state index >= 15 is 0 Å². The van der Waals surface area contributed by atoms with Gasteiger partial charge in [0.15, 0.2) is 0 Å². The Morgan fingerprint density at radius 3 is 2.53 bits per heavy atom. The van der Waals surface area contributed by atoms with Crippen molar-refractivity contribution in [2.75, 3.05) is 26.3 Å². The van der Waals surface area contributed by atoms with E-state index in [1.54, 1.807) is 0 Å². The van der Waals surface area contributed by atoms with Crippen LogP contribution in [-0.4, -0.2) is 42.5 Å². The van der Waals surface area contributed by atoms with Crippen LogP contribution in [0.15, 0.2) is 0 Å². The predicted molar refractivity (Wildman–Crippen MR) is 58.6 cm³/mol. The topological polar surface area (TPSA) is 67.5 Å². The number of rotatable bonds is 1. The Labute approximate surface area is 91.2 Å². The highest BCUT2D eigenvalue weighted by molar-refractivity contribution is 5.06. The van der Waals surface area contributed by atoms with Crippen LogP contribution in [0.5, 0.6) is 0 Å². The first-order valence-electron chi connectivity index (χ1n) is 5.96. The average Bonchev–Trinajstić information content (AvgIpc) is 2.45. The molecule has 0 aliphatic carbocycles. The molecule has 0 aromatic carbocycles. The van der Waals surface area contributed by atoms with Crippen LogP contribution in [0.4, 0.5) is 0 Å². The number of hydrogen-bond donors (Lipinski definition) is 3. The second-order valence-electron chi connectivity index (χ2n) is 4.90. The van der Waals surface area contributed by atoms with Crippen molar-refractivity contribution < 1.29 is 9.84 Å². The summed E-state index contributed by atoms with van der Waals surface area (Å²) in [7, 11) is 0. The van der Waals surface area contributed by atoms with E-state index in [4.69, 9.17) is 10.5 Å². The van der Waals surface area contributed by atoms with E-state index in [2.05, 4.69) is 5.32 Å². The molecule has 4 N–H and O–H groups in total. The zero-order valence-electron chi connectivity index (χ0n) is 9.30. The van der Waals surface area contributed by atoms with Crippen LogP contribution in [0.2, 0.25) is 0 Å². The second kappa shape index (κ2) is 4.37. The molecule has 1 unspecified atom stereocenters. The lowest BCUT2D eigenvalue weighted by Crippen LogP contribution is -2.64. The SMILES string of the molecule is NC1(C2(O)CCCOCC2)CCNCC1. The van der Waals surface area contributed by atoms with Gasteiger partial charge >= 0.3 is 0 Å². The van der Waals surface area contributed by atoms with Gasteiger partial charge in [-0.2, -0.15) is 0 Å². The number of nitrogens with two attached hydrogens (primary N) is 1. The van der Waals surface area contributed by atoms with Crippen molar-refractivity contribution in [3.63, 3.8) is 0 Å².